The first-order valence-electron chi connectivity index (χ1n) is 8.37. The van der Waals surface area contributed by atoms with E-state index in [1.807, 2.05) is 43.3 Å². The average molecular weight is 329 g/mol. The van der Waals surface area contributed by atoms with E-state index in [1.54, 1.807) is 17.2 Å². The fourth-order valence-electron chi connectivity index (χ4n) is 2.82. The van der Waals surface area contributed by atoms with Gasteiger partial charge in [-0.05, 0) is 40.7 Å². The molecule has 0 saturated carbocycles. The SMILES string of the molecule is CCn1ncc(/C=C/C(=O)N(C)Cc2c(C)nn(CC)c2C)c1C. The Kier molecular flexibility index (Phi) is 5.59. The van der Waals surface area contributed by atoms with Crippen LogP contribution in [0.5, 0.6) is 0 Å². The van der Waals surface area contributed by atoms with Crippen molar-refractivity contribution in [3.8, 4) is 0 Å². The molecule has 130 valence electrons. The molecule has 24 heavy (non-hydrogen) atoms. The second kappa shape index (κ2) is 7.47. The van der Waals surface area contributed by atoms with Crippen molar-refractivity contribution < 1.29 is 4.79 Å². The van der Waals surface area contributed by atoms with Gasteiger partial charge in [-0.1, -0.05) is 0 Å². The highest BCUT2D eigenvalue weighted by atomic mass is 16.2. The zero-order valence-electron chi connectivity index (χ0n) is 15.5. The smallest absolute Gasteiger partial charge is 0.246 e. The first-order chi connectivity index (χ1) is 11.4. The van der Waals surface area contributed by atoms with Gasteiger partial charge in [-0.2, -0.15) is 10.2 Å². The molecule has 0 atom stereocenters. The first kappa shape index (κ1) is 18.0. The summed E-state index contributed by atoms with van der Waals surface area (Å²) in [4.78, 5) is 14.1. The molecule has 0 radical (unpaired) electrons. The van der Waals surface area contributed by atoms with Crippen molar-refractivity contribution in [2.45, 2.75) is 54.3 Å². The lowest BCUT2D eigenvalue weighted by Crippen LogP contribution is -2.24. The van der Waals surface area contributed by atoms with Gasteiger partial charge < -0.3 is 4.90 Å². The molecule has 6 nitrogen and oxygen atoms in total. The molecule has 2 aromatic rings. The summed E-state index contributed by atoms with van der Waals surface area (Å²) in [7, 11) is 1.82. The normalized spacial score (nSPS) is 11.4. The summed E-state index contributed by atoms with van der Waals surface area (Å²) in [5.41, 5.74) is 5.28. The Labute approximate surface area is 143 Å². The van der Waals surface area contributed by atoms with Gasteiger partial charge in [-0.3, -0.25) is 14.2 Å². The lowest BCUT2D eigenvalue weighted by molar-refractivity contribution is -0.125. The molecular weight excluding hydrogens is 302 g/mol. The number of aryl methyl sites for hydroxylation is 3. The van der Waals surface area contributed by atoms with E-state index in [2.05, 4.69) is 24.0 Å². The molecule has 6 heteroatoms. The fourth-order valence-corrected chi connectivity index (χ4v) is 2.82. The molecule has 2 aromatic heterocycles. The van der Waals surface area contributed by atoms with Crippen molar-refractivity contribution in [1.29, 1.82) is 0 Å². The van der Waals surface area contributed by atoms with Crippen molar-refractivity contribution in [3.05, 3.63) is 40.5 Å². The monoisotopic (exact) mass is 329 g/mol. The van der Waals surface area contributed by atoms with E-state index >= 15 is 0 Å². The lowest BCUT2D eigenvalue weighted by Gasteiger charge is -2.15. The second-order valence-electron chi connectivity index (χ2n) is 5.99. The van der Waals surface area contributed by atoms with Crippen molar-refractivity contribution in [2.24, 2.45) is 0 Å². The number of hydrogen-bond acceptors (Lipinski definition) is 3. The molecule has 0 N–H and O–H groups in total. The molecule has 2 heterocycles. The van der Waals surface area contributed by atoms with Gasteiger partial charge in [0, 0.05) is 55.3 Å². The topological polar surface area (TPSA) is 56.0 Å². The van der Waals surface area contributed by atoms with Crippen LogP contribution in [-0.2, 0) is 24.4 Å². The quantitative estimate of drug-likeness (QED) is 0.766. The van der Waals surface area contributed by atoms with E-state index in [0.717, 1.165) is 41.3 Å². The highest BCUT2D eigenvalue weighted by molar-refractivity contribution is 5.91. The van der Waals surface area contributed by atoms with Gasteiger partial charge in [0.25, 0.3) is 0 Å². The standard InChI is InChI=1S/C18H27N5O/c1-7-22-14(4)16(11-19-22)9-10-18(24)21(6)12-17-13(3)20-23(8-2)15(17)5/h9-11H,7-8,12H2,1-6H3/b10-9+. The highest BCUT2D eigenvalue weighted by Crippen LogP contribution is 2.15. The summed E-state index contributed by atoms with van der Waals surface area (Å²) in [5, 5.41) is 8.80. The first-order valence-corrected chi connectivity index (χ1v) is 8.37. The highest BCUT2D eigenvalue weighted by Gasteiger charge is 2.14. The van der Waals surface area contributed by atoms with Gasteiger partial charge in [0.1, 0.15) is 0 Å². The number of rotatable bonds is 6. The van der Waals surface area contributed by atoms with Crippen LogP contribution in [0.1, 0.15) is 42.1 Å². The van der Waals surface area contributed by atoms with Gasteiger partial charge in [0.2, 0.25) is 5.91 Å². The van der Waals surface area contributed by atoms with Crippen molar-refractivity contribution in [3.63, 3.8) is 0 Å². The minimum absolute atomic E-state index is 0.0262. The van der Waals surface area contributed by atoms with Crippen LogP contribution in [0.3, 0.4) is 0 Å². The van der Waals surface area contributed by atoms with Gasteiger partial charge in [-0.15, -0.1) is 0 Å². The largest absolute Gasteiger partial charge is 0.338 e. The molecule has 0 unspecified atom stereocenters. The van der Waals surface area contributed by atoms with Gasteiger partial charge in [0.15, 0.2) is 0 Å². The molecule has 0 spiro atoms. The third-order valence-electron chi connectivity index (χ3n) is 4.45. The Balaban J connectivity index is 2.08. The Morgan fingerprint density at radius 1 is 1.17 bits per heavy atom. The maximum absolute atomic E-state index is 12.4. The number of aromatic nitrogens is 4. The summed E-state index contributed by atoms with van der Waals surface area (Å²) >= 11 is 0. The molecule has 0 aliphatic heterocycles. The van der Waals surface area contributed by atoms with Crippen LogP contribution in [0, 0.1) is 20.8 Å². The number of likely N-dealkylation sites (N-methyl/N-ethyl adjacent to an activating group) is 1. The Bertz CT molecular complexity index is 754. The second-order valence-corrected chi connectivity index (χ2v) is 5.99. The van der Waals surface area contributed by atoms with Gasteiger partial charge >= 0.3 is 0 Å². The minimum atomic E-state index is -0.0262. The molecule has 0 saturated heterocycles. The summed E-state index contributed by atoms with van der Waals surface area (Å²) in [6, 6.07) is 0. The molecule has 2 rings (SSSR count). The Morgan fingerprint density at radius 2 is 1.83 bits per heavy atom. The van der Waals surface area contributed by atoms with E-state index in [-0.39, 0.29) is 5.91 Å². The average Bonchev–Trinajstić information content (AvgIpc) is 3.06. The molecule has 0 aliphatic carbocycles. The van der Waals surface area contributed by atoms with Crippen LogP contribution >= 0.6 is 0 Å². The number of hydrogen-bond donors (Lipinski definition) is 0. The van der Waals surface area contributed by atoms with E-state index in [4.69, 9.17) is 0 Å². The maximum atomic E-state index is 12.4. The van der Waals surface area contributed by atoms with Crippen LogP contribution in [-0.4, -0.2) is 37.4 Å². The zero-order chi connectivity index (χ0) is 17.9. The number of carbonyl (C=O) groups excluding carboxylic acids is 1. The summed E-state index contributed by atoms with van der Waals surface area (Å²) in [5.74, 6) is -0.0262. The van der Waals surface area contributed by atoms with Crippen LogP contribution in [0.15, 0.2) is 12.3 Å². The van der Waals surface area contributed by atoms with Gasteiger partial charge in [-0.25, -0.2) is 0 Å². The Hall–Kier alpha value is -2.37. The Morgan fingerprint density at radius 3 is 2.38 bits per heavy atom. The van der Waals surface area contributed by atoms with E-state index in [9.17, 15) is 4.79 Å². The zero-order valence-corrected chi connectivity index (χ0v) is 15.5. The summed E-state index contributed by atoms with van der Waals surface area (Å²) in [6.07, 6.45) is 5.24. The molecule has 0 bridgehead atoms. The molecular formula is C18H27N5O. The van der Waals surface area contributed by atoms with Crippen LogP contribution in [0.4, 0.5) is 0 Å². The van der Waals surface area contributed by atoms with Crippen molar-refractivity contribution in [1.82, 2.24) is 24.5 Å². The number of amides is 1. The fraction of sp³-hybridized carbons (Fsp3) is 0.500. The van der Waals surface area contributed by atoms with Crippen LogP contribution < -0.4 is 0 Å². The third-order valence-corrected chi connectivity index (χ3v) is 4.45. The molecule has 1 amide bonds. The van der Waals surface area contributed by atoms with E-state index < -0.39 is 0 Å². The maximum Gasteiger partial charge on any atom is 0.246 e. The molecule has 0 aliphatic rings. The predicted molar refractivity (Wildman–Crippen MR) is 95.5 cm³/mol. The van der Waals surface area contributed by atoms with E-state index in [0.29, 0.717) is 6.54 Å². The third kappa shape index (κ3) is 3.58. The summed E-state index contributed by atoms with van der Waals surface area (Å²) in [6.45, 7) is 12.4. The summed E-state index contributed by atoms with van der Waals surface area (Å²) < 4.78 is 3.89. The number of carbonyl (C=O) groups is 1. The van der Waals surface area contributed by atoms with Crippen LogP contribution in [0.25, 0.3) is 6.08 Å². The minimum Gasteiger partial charge on any atom is -0.338 e. The van der Waals surface area contributed by atoms with Crippen molar-refractivity contribution in [2.75, 3.05) is 7.05 Å². The van der Waals surface area contributed by atoms with Gasteiger partial charge in [0.05, 0.1) is 11.9 Å². The predicted octanol–water partition coefficient (Wildman–Crippen LogP) is 2.72. The molecule has 0 aromatic carbocycles. The molecule has 0 fully saturated rings. The lowest BCUT2D eigenvalue weighted by atomic mass is 10.2. The van der Waals surface area contributed by atoms with E-state index in [1.165, 1.54) is 0 Å². The van der Waals surface area contributed by atoms with Crippen molar-refractivity contribution >= 4 is 12.0 Å². The van der Waals surface area contributed by atoms with Crippen LogP contribution in [0.2, 0.25) is 0 Å². The number of nitrogens with zero attached hydrogens (tertiary/aromatic N) is 5.